The molecule has 5 heavy (non-hydrogen) atoms. The van der Waals surface area contributed by atoms with Gasteiger partial charge in [0.25, 0.3) is 0 Å². The maximum atomic E-state index is 4.26. The van der Waals surface area contributed by atoms with Gasteiger partial charge in [0.2, 0.25) is 0 Å². The van der Waals surface area contributed by atoms with Gasteiger partial charge in [-0.2, -0.15) is 3.84 Å². The Morgan fingerprint density at radius 1 is 1.20 bits per heavy atom. The SMILES string of the molecule is ClOCl.O.[Cu]. The van der Waals surface area contributed by atoms with Crippen molar-refractivity contribution in [2.24, 2.45) is 0 Å². The fraction of sp³-hybridized carbons (Fsp3) is 0. The summed E-state index contributed by atoms with van der Waals surface area (Å²) in [6, 6.07) is 0. The van der Waals surface area contributed by atoms with Gasteiger partial charge in [-0.1, -0.05) is 0 Å². The van der Waals surface area contributed by atoms with Gasteiger partial charge in [0, 0.05) is 17.1 Å². The molecule has 5 heteroatoms. The van der Waals surface area contributed by atoms with Gasteiger partial charge in [0.1, 0.15) is 0 Å². The van der Waals surface area contributed by atoms with E-state index in [1.807, 2.05) is 0 Å². The average molecular weight is 168 g/mol. The predicted octanol–water partition coefficient (Wildman–Crippen LogP) is 0.483. The van der Waals surface area contributed by atoms with Crippen LogP contribution in [0, 0.1) is 0 Å². The van der Waals surface area contributed by atoms with Crippen LogP contribution in [0.4, 0.5) is 0 Å². The van der Waals surface area contributed by atoms with Crippen LogP contribution in [0.3, 0.4) is 0 Å². The van der Waals surface area contributed by atoms with Crippen LogP contribution in [0.25, 0.3) is 0 Å². The molecule has 0 bridgehead atoms. The second-order valence-corrected chi connectivity index (χ2v) is 0.525. The van der Waals surface area contributed by atoms with E-state index in [0.717, 1.165) is 0 Å². The predicted molar refractivity (Wildman–Crippen MR) is 16.4 cm³/mol. The maximum Gasteiger partial charge on any atom is 0.0832 e. The Labute approximate surface area is 50.5 Å². The molecular formula is H2Cl2CuO2. The normalized spacial score (nSPS) is 3.60. The number of hydrogen-bond donors (Lipinski definition) is 0. The first kappa shape index (κ1) is 16.6. The van der Waals surface area contributed by atoms with E-state index in [-0.39, 0.29) is 22.5 Å². The zero-order valence-electron chi connectivity index (χ0n) is 1.97. The molecule has 1 radical (unpaired) electrons. The first-order valence-electron chi connectivity index (χ1n) is 0.309. The van der Waals surface area contributed by atoms with Gasteiger partial charge in [0.15, 0.2) is 0 Å². The van der Waals surface area contributed by atoms with Gasteiger partial charge < -0.3 is 5.48 Å². The monoisotopic (exact) mass is 167 g/mol. The third-order valence-electron chi connectivity index (χ3n) is 0. The molecule has 0 heterocycles. The molecule has 0 fully saturated rings. The molecule has 39 valence electrons. The third kappa shape index (κ3) is 44.0. The fourth-order valence-electron chi connectivity index (χ4n) is 0. The molecule has 0 aliphatic rings. The first-order valence-corrected chi connectivity index (χ1v) is 0.926. The summed E-state index contributed by atoms with van der Waals surface area (Å²) in [5, 5.41) is 0. The van der Waals surface area contributed by atoms with Gasteiger partial charge in [-0.15, -0.1) is 0 Å². The third-order valence-corrected chi connectivity index (χ3v) is 0. The Morgan fingerprint density at radius 2 is 1.20 bits per heavy atom. The van der Waals surface area contributed by atoms with Crippen LogP contribution < -0.4 is 0 Å². The molecule has 0 aliphatic heterocycles. The smallest absolute Gasteiger partial charge is 0.0832 e. The van der Waals surface area contributed by atoms with Crippen molar-refractivity contribution in [1.29, 1.82) is 0 Å². The van der Waals surface area contributed by atoms with Crippen molar-refractivity contribution >= 4 is 23.7 Å². The van der Waals surface area contributed by atoms with Crippen molar-refractivity contribution < 1.29 is 26.4 Å². The Kier molecular flexibility index (Phi) is 66.2. The number of hydrogen-bond acceptors (Lipinski definition) is 1. The summed E-state index contributed by atoms with van der Waals surface area (Å²) in [6.45, 7) is 0. The second kappa shape index (κ2) is 19.9. The van der Waals surface area contributed by atoms with E-state index in [2.05, 4.69) is 27.6 Å². The van der Waals surface area contributed by atoms with E-state index in [0.29, 0.717) is 0 Å². The average Bonchev–Trinajstić information content (AvgIpc) is 0.918. The van der Waals surface area contributed by atoms with Gasteiger partial charge in [0.05, 0.1) is 23.7 Å². The molecule has 0 aromatic carbocycles. The molecule has 2 N–H and O–H groups in total. The van der Waals surface area contributed by atoms with E-state index in [4.69, 9.17) is 0 Å². The van der Waals surface area contributed by atoms with Crippen LogP contribution in [0.2, 0.25) is 0 Å². The summed E-state index contributed by atoms with van der Waals surface area (Å²) in [6.07, 6.45) is 0. The van der Waals surface area contributed by atoms with Gasteiger partial charge in [-0.25, -0.2) is 0 Å². The van der Waals surface area contributed by atoms with Crippen molar-refractivity contribution in [3.63, 3.8) is 0 Å². The standard InChI is InChI=1S/Cl2O.Cu.H2O/c1-3-2;;/h;;1H2. The Morgan fingerprint density at radius 3 is 1.20 bits per heavy atom. The molecule has 0 unspecified atom stereocenters. The van der Waals surface area contributed by atoms with Crippen molar-refractivity contribution in [3.8, 4) is 0 Å². The van der Waals surface area contributed by atoms with Crippen LogP contribution >= 0.6 is 23.7 Å². The first-order chi connectivity index (χ1) is 1.41. The zero-order valence-corrected chi connectivity index (χ0v) is 4.42. The van der Waals surface area contributed by atoms with Gasteiger partial charge in [-0.05, 0) is 0 Å². The van der Waals surface area contributed by atoms with Crippen LogP contribution in [-0.2, 0) is 20.9 Å². The molecule has 0 saturated heterocycles. The van der Waals surface area contributed by atoms with Crippen molar-refractivity contribution in [3.05, 3.63) is 0 Å². The van der Waals surface area contributed by atoms with Gasteiger partial charge in [-0.3, -0.25) is 0 Å². The summed E-state index contributed by atoms with van der Waals surface area (Å²) in [4.78, 5) is 0. The number of rotatable bonds is 0. The molecule has 0 spiro atoms. The molecule has 0 aliphatic carbocycles. The number of halogens is 2. The van der Waals surface area contributed by atoms with Gasteiger partial charge >= 0.3 is 0 Å². The minimum Gasteiger partial charge on any atom is -0.412 e. The maximum absolute atomic E-state index is 4.26. The molecule has 0 rings (SSSR count). The topological polar surface area (TPSA) is 40.7 Å². The fourth-order valence-corrected chi connectivity index (χ4v) is 0. The minimum absolute atomic E-state index is 0. The summed E-state index contributed by atoms with van der Waals surface area (Å²) in [7, 11) is 0. The Balaban J connectivity index is -0.0000000200. The van der Waals surface area contributed by atoms with Crippen molar-refractivity contribution in [2.75, 3.05) is 0 Å². The van der Waals surface area contributed by atoms with Crippen LogP contribution in [0.5, 0.6) is 0 Å². The molecule has 0 amide bonds. The van der Waals surface area contributed by atoms with E-state index >= 15 is 0 Å². The molecule has 0 aromatic rings. The summed E-state index contributed by atoms with van der Waals surface area (Å²) < 4.78 is 3.19. The molecule has 0 atom stereocenters. The van der Waals surface area contributed by atoms with Crippen LogP contribution in [-0.4, -0.2) is 5.48 Å². The van der Waals surface area contributed by atoms with Crippen molar-refractivity contribution in [2.45, 2.75) is 0 Å². The largest absolute Gasteiger partial charge is 0.412 e. The van der Waals surface area contributed by atoms with Crippen molar-refractivity contribution in [1.82, 2.24) is 0 Å². The van der Waals surface area contributed by atoms with E-state index in [1.165, 1.54) is 0 Å². The summed E-state index contributed by atoms with van der Waals surface area (Å²) in [5.74, 6) is 0. The Bertz CT molecular complexity index is 7.61. The molecule has 0 aromatic heterocycles. The summed E-state index contributed by atoms with van der Waals surface area (Å²) in [5.41, 5.74) is 0. The van der Waals surface area contributed by atoms with E-state index < -0.39 is 0 Å². The second-order valence-electron chi connectivity index (χ2n) is 0.0583. The Hall–Kier alpha value is 1.02. The van der Waals surface area contributed by atoms with Crippen LogP contribution in [0.15, 0.2) is 0 Å². The zero-order chi connectivity index (χ0) is 2.71. The van der Waals surface area contributed by atoms with E-state index in [1.54, 1.807) is 0 Å². The quantitative estimate of drug-likeness (QED) is 0.485. The molecular weight excluding hydrogens is 166 g/mol. The minimum atomic E-state index is 0. The van der Waals surface area contributed by atoms with Crippen LogP contribution in [0.1, 0.15) is 0 Å². The molecule has 2 nitrogen and oxygen atoms in total. The molecule has 0 saturated carbocycles. The summed E-state index contributed by atoms with van der Waals surface area (Å²) >= 11 is 8.53. The van der Waals surface area contributed by atoms with E-state index in [9.17, 15) is 0 Å².